The fourth-order valence-electron chi connectivity index (χ4n) is 5.75. The van der Waals surface area contributed by atoms with E-state index in [0.717, 1.165) is 58.8 Å². The lowest BCUT2D eigenvalue weighted by Gasteiger charge is -2.33. The van der Waals surface area contributed by atoms with E-state index in [9.17, 15) is 14.7 Å². The molecule has 0 unspecified atom stereocenters. The molecule has 8 heteroatoms. The van der Waals surface area contributed by atoms with Crippen molar-refractivity contribution in [2.45, 2.75) is 51.3 Å². The molecule has 3 aromatic rings. The molecule has 8 nitrogen and oxygen atoms in total. The Labute approximate surface area is 228 Å². The van der Waals surface area contributed by atoms with Crippen LogP contribution >= 0.6 is 0 Å². The van der Waals surface area contributed by atoms with Crippen LogP contribution in [0.3, 0.4) is 0 Å². The summed E-state index contributed by atoms with van der Waals surface area (Å²) in [6, 6.07) is 17.8. The Hall–Kier alpha value is -4.07. The van der Waals surface area contributed by atoms with Crippen LogP contribution in [0.2, 0.25) is 0 Å². The first kappa shape index (κ1) is 25.2. The summed E-state index contributed by atoms with van der Waals surface area (Å²) in [6.07, 6.45) is 1.05. The molecule has 4 atom stereocenters. The predicted octanol–water partition coefficient (Wildman–Crippen LogP) is 5.55. The summed E-state index contributed by atoms with van der Waals surface area (Å²) in [5.74, 6) is 0.451. The topological polar surface area (TPSA) is 92.2 Å². The van der Waals surface area contributed by atoms with E-state index in [-0.39, 0.29) is 36.6 Å². The largest absolute Gasteiger partial charge is 0.496 e. The van der Waals surface area contributed by atoms with Crippen LogP contribution < -0.4 is 9.64 Å². The van der Waals surface area contributed by atoms with Gasteiger partial charge in [-0.1, -0.05) is 35.9 Å². The first-order valence-electron chi connectivity index (χ1n) is 13.5. The molecule has 39 heavy (non-hydrogen) atoms. The third-order valence-corrected chi connectivity index (χ3v) is 8.27. The van der Waals surface area contributed by atoms with Crippen molar-refractivity contribution in [3.8, 4) is 16.9 Å². The van der Waals surface area contributed by atoms with Gasteiger partial charge in [0.2, 0.25) is 0 Å². The highest BCUT2D eigenvalue weighted by atomic mass is 16.6. The lowest BCUT2D eigenvalue weighted by Crippen LogP contribution is -2.38. The maximum atomic E-state index is 13.2. The summed E-state index contributed by atoms with van der Waals surface area (Å²) in [5, 5.41) is 9.47. The number of ether oxygens (including phenoxy) is 2. The second kappa shape index (κ2) is 9.91. The summed E-state index contributed by atoms with van der Waals surface area (Å²) in [4.78, 5) is 33.7. The van der Waals surface area contributed by atoms with Crippen molar-refractivity contribution in [3.63, 3.8) is 0 Å². The number of pyridine rings is 1. The van der Waals surface area contributed by atoms with Crippen LogP contribution in [0.15, 0.2) is 54.6 Å². The number of carbonyl (C=O) groups excluding carboxylic acids is 1. The molecule has 0 spiro atoms. The lowest BCUT2D eigenvalue weighted by atomic mass is 9.97. The monoisotopic (exact) mass is 527 g/mol. The zero-order valence-electron chi connectivity index (χ0n) is 22.5. The first-order valence-corrected chi connectivity index (χ1v) is 13.5. The van der Waals surface area contributed by atoms with Gasteiger partial charge in [-0.3, -0.25) is 9.69 Å². The molecule has 202 valence electrons. The van der Waals surface area contributed by atoms with Gasteiger partial charge in [0.1, 0.15) is 17.7 Å². The Bertz CT molecular complexity index is 1440. The summed E-state index contributed by atoms with van der Waals surface area (Å²) in [5.41, 5.74) is 5.54. The first-order chi connectivity index (χ1) is 18.8. The van der Waals surface area contributed by atoms with Gasteiger partial charge in [0.05, 0.1) is 31.3 Å². The van der Waals surface area contributed by atoms with Crippen molar-refractivity contribution < 1.29 is 24.2 Å². The number of nitrogens with zero attached hydrogens (tertiary/aromatic N) is 3. The van der Waals surface area contributed by atoms with Crippen LogP contribution in [0.4, 0.5) is 10.6 Å². The Morgan fingerprint density at radius 1 is 1.10 bits per heavy atom. The third kappa shape index (κ3) is 4.68. The number of aromatic nitrogens is 1. The molecule has 3 heterocycles. The fourth-order valence-corrected chi connectivity index (χ4v) is 5.75. The Morgan fingerprint density at radius 3 is 2.59 bits per heavy atom. The SMILES string of the molecule is COc1ccc([C@@H]2C[C@H]2C(=O)O)cc1-c1ccc(N2CCC2)nc1CN1C(=O)O[C@H](c2cccc(C)c2)[C@@H]1C. The molecule has 1 aliphatic carbocycles. The van der Waals surface area contributed by atoms with Crippen molar-refractivity contribution in [2.75, 3.05) is 25.1 Å². The maximum Gasteiger partial charge on any atom is 0.411 e. The number of benzene rings is 2. The number of carboxylic acids is 1. The fraction of sp³-hybridized carbons (Fsp3) is 0.387. The predicted molar refractivity (Wildman–Crippen MR) is 147 cm³/mol. The zero-order valence-corrected chi connectivity index (χ0v) is 22.5. The van der Waals surface area contributed by atoms with Gasteiger partial charge in [0, 0.05) is 24.2 Å². The van der Waals surface area contributed by atoms with Crippen molar-refractivity contribution >= 4 is 17.9 Å². The number of hydrogen-bond donors (Lipinski definition) is 1. The molecule has 1 N–H and O–H groups in total. The van der Waals surface area contributed by atoms with Gasteiger partial charge in [0.25, 0.3) is 0 Å². The second-order valence-corrected chi connectivity index (χ2v) is 10.8. The van der Waals surface area contributed by atoms with E-state index in [1.165, 1.54) is 0 Å². The zero-order chi connectivity index (χ0) is 27.3. The number of carbonyl (C=O) groups is 2. The van der Waals surface area contributed by atoms with Crippen molar-refractivity contribution in [3.05, 3.63) is 77.0 Å². The summed E-state index contributed by atoms with van der Waals surface area (Å²) in [7, 11) is 1.63. The van der Waals surface area contributed by atoms with Gasteiger partial charge in [-0.25, -0.2) is 9.78 Å². The van der Waals surface area contributed by atoms with Gasteiger partial charge >= 0.3 is 12.1 Å². The van der Waals surface area contributed by atoms with E-state index in [2.05, 4.69) is 11.0 Å². The lowest BCUT2D eigenvalue weighted by molar-refractivity contribution is -0.138. The van der Waals surface area contributed by atoms with E-state index >= 15 is 0 Å². The Morgan fingerprint density at radius 2 is 1.92 bits per heavy atom. The van der Waals surface area contributed by atoms with Crippen molar-refractivity contribution in [1.82, 2.24) is 9.88 Å². The van der Waals surface area contributed by atoms with E-state index in [1.807, 2.05) is 62.4 Å². The van der Waals surface area contributed by atoms with Gasteiger partial charge < -0.3 is 19.5 Å². The van der Waals surface area contributed by atoms with Gasteiger partial charge in [-0.2, -0.15) is 0 Å². The Kier molecular flexibility index (Phi) is 6.41. The summed E-state index contributed by atoms with van der Waals surface area (Å²) >= 11 is 0. The highest BCUT2D eigenvalue weighted by Crippen LogP contribution is 2.49. The molecule has 1 aromatic heterocycles. The molecule has 0 radical (unpaired) electrons. The van der Waals surface area contributed by atoms with E-state index in [1.54, 1.807) is 12.0 Å². The minimum atomic E-state index is -0.761. The van der Waals surface area contributed by atoms with Crippen LogP contribution in [-0.4, -0.2) is 53.3 Å². The average molecular weight is 528 g/mol. The summed E-state index contributed by atoms with van der Waals surface area (Å²) < 4.78 is 11.6. The molecule has 2 aromatic carbocycles. The number of aliphatic carboxylic acids is 1. The highest BCUT2D eigenvalue weighted by Gasteiger charge is 2.44. The van der Waals surface area contributed by atoms with Gasteiger partial charge in [0.15, 0.2) is 0 Å². The third-order valence-electron chi connectivity index (χ3n) is 8.27. The molecule has 2 aliphatic heterocycles. The number of methoxy groups -OCH3 is 1. The van der Waals surface area contributed by atoms with Crippen LogP contribution in [0.5, 0.6) is 5.75 Å². The van der Waals surface area contributed by atoms with E-state index in [0.29, 0.717) is 12.2 Å². The molecule has 6 rings (SSSR count). The van der Waals surface area contributed by atoms with E-state index < -0.39 is 5.97 Å². The molecule has 2 saturated heterocycles. The van der Waals surface area contributed by atoms with Crippen LogP contribution in [0.25, 0.3) is 11.1 Å². The van der Waals surface area contributed by atoms with Crippen LogP contribution in [0.1, 0.15) is 54.2 Å². The minimum Gasteiger partial charge on any atom is -0.496 e. The van der Waals surface area contributed by atoms with Crippen LogP contribution in [0, 0.1) is 12.8 Å². The maximum absolute atomic E-state index is 13.2. The van der Waals surface area contributed by atoms with Crippen LogP contribution in [-0.2, 0) is 16.1 Å². The normalized spacial score (nSPS) is 23.8. The standard InChI is InChI=1S/C31H33N3O5/c1-18-6-4-7-21(14-18)29-19(2)34(31(37)39-29)17-26-22(9-11-28(32-26)33-12-5-13-33)24-15-20(8-10-27(24)38-3)23-16-25(23)30(35)36/h4,6-11,14-15,19,23,25,29H,5,12-13,16-17H2,1-3H3,(H,35,36)/t19-,23-,25+,29-/m0/s1. The molecule has 1 saturated carbocycles. The molecule has 0 bridgehead atoms. The average Bonchev–Trinajstić information content (AvgIpc) is 3.65. The number of aryl methyl sites for hydroxylation is 1. The second-order valence-electron chi connectivity index (χ2n) is 10.8. The number of rotatable bonds is 8. The number of amides is 1. The minimum absolute atomic E-state index is 0.00686. The van der Waals surface area contributed by atoms with Gasteiger partial charge in [-0.05, 0) is 68.0 Å². The highest BCUT2D eigenvalue weighted by molar-refractivity contribution is 5.78. The van der Waals surface area contributed by atoms with Gasteiger partial charge in [-0.15, -0.1) is 0 Å². The molecule has 3 aliphatic rings. The number of anilines is 1. The number of hydrogen-bond acceptors (Lipinski definition) is 6. The molecule has 3 fully saturated rings. The Balaban J connectivity index is 1.37. The van der Waals surface area contributed by atoms with Crippen molar-refractivity contribution in [2.24, 2.45) is 5.92 Å². The van der Waals surface area contributed by atoms with Crippen molar-refractivity contribution in [1.29, 1.82) is 0 Å². The number of cyclic esters (lactones) is 1. The quantitative estimate of drug-likeness (QED) is 0.411. The molecule has 1 amide bonds. The molecular formula is C31H33N3O5. The van der Waals surface area contributed by atoms with E-state index in [4.69, 9.17) is 14.5 Å². The molecular weight excluding hydrogens is 494 g/mol. The number of carboxylic acid groups (broad SMARTS) is 1. The smallest absolute Gasteiger partial charge is 0.411 e. The summed E-state index contributed by atoms with van der Waals surface area (Å²) in [6.45, 7) is 6.24.